The summed E-state index contributed by atoms with van der Waals surface area (Å²) in [5.41, 5.74) is 0. The third kappa shape index (κ3) is 4.34. The fourth-order valence-corrected chi connectivity index (χ4v) is 2.94. The van der Waals surface area contributed by atoms with Gasteiger partial charge in [-0.05, 0) is 34.2 Å². The number of nitrogens with zero attached hydrogens (tertiary/aromatic N) is 2. The Hall–Kier alpha value is -0.840. The molecule has 0 amide bonds. The van der Waals surface area contributed by atoms with Crippen LogP contribution in [0.4, 0.5) is 5.95 Å². The molecule has 0 unspecified atom stereocenters. The minimum atomic E-state index is 0.573. The van der Waals surface area contributed by atoms with Gasteiger partial charge in [-0.15, -0.1) is 0 Å². The highest BCUT2D eigenvalue weighted by atomic mass is 79.9. The van der Waals surface area contributed by atoms with Crippen LogP contribution in [0.5, 0.6) is 5.88 Å². The Morgan fingerprint density at radius 2 is 2.11 bits per heavy atom. The predicted molar refractivity (Wildman–Crippen MR) is 80.5 cm³/mol. The normalized spacial score (nSPS) is 23.1. The van der Waals surface area contributed by atoms with Crippen molar-refractivity contribution in [2.75, 3.05) is 19.0 Å². The molecule has 0 bridgehead atoms. The van der Waals surface area contributed by atoms with E-state index in [0.29, 0.717) is 11.8 Å². The van der Waals surface area contributed by atoms with Gasteiger partial charge in [0.05, 0.1) is 17.8 Å². The number of halogens is 1. The fraction of sp³-hybridized carbons (Fsp3) is 0.714. The molecular weight excluding hydrogens is 306 g/mol. The van der Waals surface area contributed by atoms with Crippen molar-refractivity contribution in [3.63, 3.8) is 0 Å². The van der Waals surface area contributed by atoms with E-state index in [-0.39, 0.29) is 0 Å². The highest BCUT2D eigenvalue weighted by Crippen LogP contribution is 2.30. The van der Waals surface area contributed by atoms with Crippen LogP contribution in [-0.4, -0.2) is 23.6 Å². The second-order valence-corrected chi connectivity index (χ2v) is 6.25. The van der Waals surface area contributed by atoms with Crippen LogP contribution in [0, 0.1) is 11.8 Å². The lowest BCUT2D eigenvalue weighted by atomic mass is 9.81. The molecule has 0 spiro atoms. The number of methoxy groups -OCH3 is 1. The molecule has 0 atom stereocenters. The second kappa shape index (κ2) is 7.08. The molecule has 1 saturated carbocycles. The van der Waals surface area contributed by atoms with Gasteiger partial charge in [0.2, 0.25) is 11.8 Å². The molecule has 0 saturated heterocycles. The maximum atomic E-state index is 5.16. The SMILES string of the molecule is COc1nc(NCCC2CCC(C)CC2)ncc1Br. The largest absolute Gasteiger partial charge is 0.480 e. The summed E-state index contributed by atoms with van der Waals surface area (Å²) in [7, 11) is 1.61. The minimum Gasteiger partial charge on any atom is -0.480 e. The smallest absolute Gasteiger partial charge is 0.232 e. The molecule has 1 aromatic rings. The molecule has 5 heteroatoms. The molecule has 2 rings (SSSR count). The summed E-state index contributed by atoms with van der Waals surface area (Å²) < 4.78 is 5.94. The summed E-state index contributed by atoms with van der Waals surface area (Å²) in [6.07, 6.45) is 8.42. The molecule has 1 heterocycles. The number of anilines is 1. The molecule has 1 aliphatic rings. The van der Waals surface area contributed by atoms with Crippen LogP contribution >= 0.6 is 15.9 Å². The number of ether oxygens (including phenoxy) is 1. The molecular formula is C14H22BrN3O. The predicted octanol–water partition coefficient (Wildman–Crippen LogP) is 3.88. The summed E-state index contributed by atoms with van der Waals surface area (Å²) in [4.78, 5) is 8.53. The second-order valence-electron chi connectivity index (χ2n) is 5.39. The average Bonchev–Trinajstić information content (AvgIpc) is 2.43. The molecule has 4 nitrogen and oxygen atoms in total. The Morgan fingerprint density at radius 3 is 2.79 bits per heavy atom. The first-order chi connectivity index (χ1) is 9.19. The lowest BCUT2D eigenvalue weighted by Gasteiger charge is -2.26. The molecule has 1 aliphatic carbocycles. The van der Waals surface area contributed by atoms with Crippen molar-refractivity contribution in [1.82, 2.24) is 9.97 Å². The van der Waals surface area contributed by atoms with Crippen LogP contribution in [0.3, 0.4) is 0 Å². The van der Waals surface area contributed by atoms with E-state index < -0.39 is 0 Å². The number of rotatable bonds is 5. The van der Waals surface area contributed by atoms with Crippen molar-refractivity contribution in [2.45, 2.75) is 39.0 Å². The Morgan fingerprint density at radius 1 is 1.37 bits per heavy atom. The lowest BCUT2D eigenvalue weighted by Crippen LogP contribution is -2.16. The van der Waals surface area contributed by atoms with E-state index in [9.17, 15) is 0 Å². The van der Waals surface area contributed by atoms with Gasteiger partial charge in [0, 0.05) is 6.54 Å². The topological polar surface area (TPSA) is 47.0 Å². The van der Waals surface area contributed by atoms with Gasteiger partial charge in [0.25, 0.3) is 0 Å². The van der Waals surface area contributed by atoms with Gasteiger partial charge >= 0.3 is 0 Å². The van der Waals surface area contributed by atoms with Crippen molar-refractivity contribution < 1.29 is 4.74 Å². The highest BCUT2D eigenvalue weighted by molar-refractivity contribution is 9.10. The first-order valence-corrected chi connectivity index (χ1v) is 7.78. The van der Waals surface area contributed by atoms with Gasteiger partial charge in [-0.2, -0.15) is 4.98 Å². The zero-order valence-electron chi connectivity index (χ0n) is 11.7. The van der Waals surface area contributed by atoms with E-state index in [2.05, 4.69) is 38.1 Å². The molecule has 1 N–H and O–H groups in total. The van der Waals surface area contributed by atoms with Crippen LogP contribution < -0.4 is 10.1 Å². The first kappa shape index (κ1) is 14.6. The van der Waals surface area contributed by atoms with Crippen molar-refractivity contribution in [2.24, 2.45) is 11.8 Å². The summed E-state index contributed by atoms with van der Waals surface area (Å²) in [6, 6.07) is 0. The van der Waals surface area contributed by atoms with Crippen molar-refractivity contribution >= 4 is 21.9 Å². The quantitative estimate of drug-likeness (QED) is 0.891. The van der Waals surface area contributed by atoms with Gasteiger partial charge < -0.3 is 10.1 Å². The van der Waals surface area contributed by atoms with Crippen molar-refractivity contribution in [1.29, 1.82) is 0 Å². The Balaban J connectivity index is 1.76. The summed E-state index contributed by atoms with van der Waals surface area (Å²) in [5, 5.41) is 3.28. The molecule has 0 aromatic carbocycles. The van der Waals surface area contributed by atoms with Gasteiger partial charge in [0.1, 0.15) is 0 Å². The monoisotopic (exact) mass is 327 g/mol. The van der Waals surface area contributed by atoms with Crippen LogP contribution in [0.2, 0.25) is 0 Å². The number of hydrogen-bond acceptors (Lipinski definition) is 4. The standard InChI is InChI=1S/C14H22BrN3O/c1-10-3-5-11(6-4-10)7-8-16-14-17-9-12(15)13(18-14)19-2/h9-11H,3-8H2,1-2H3,(H,16,17,18). The van der Waals surface area contributed by atoms with Crippen LogP contribution in [0.15, 0.2) is 10.7 Å². The average molecular weight is 328 g/mol. The maximum absolute atomic E-state index is 5.16. The maximum Gasteiger partial charge on any atom is 0.232 e. The Bertz CT molecular complexity index is 406. The molecule has 106 valence electrons. The van der Waals surface area contributed by atoms with Gasteiger partial charge in [0.15, 0.2) is 0 Å². The minimum absolute atomic E-state index is 0.573. The van der Waals surface area contributed by atoms with E-state index in [1.54, 1.807) is 13.3 Å². The van der Waals surface area contributed by atoms with E-state index in [0.717, 1.165) is 22.9 Å². The van der Waals surface area contributed by atoms with E-state index in [1.807, 2.05) is 0 Å². The van der Waals surface area contributed by atoms with E-state index in [4.69, 9.17) is 4.74 Å². The number of hydrogen-bond donors (Lipinski definition) is 1. The van der Waals surface area contributed by atoms with E-state index >= 15 is 0 Å². The molecule has 0 aliphatic heterocycles. The summed E-state index contributed by atoms with van der Waals surface area (Å²) >= 11 is 3.35. The third-order valence-corrected chi connectivity index (χ3v) is 4.42. The summed E-state index contributed by atoms with van der Waals surface area (Å²) in [6.45, 7) is 3.29. The first-order valence-electron chi connectivity index (χ1n) is 6.99. The van der Waals surface area contributed by atoms with Gasteiger partial charge in [-0.1, -0.05) is 32.6 Å². The lowest BCUT2D eigenvalue weighted by molar-refractivity contribution is 0.281. The zero-order chi connectivity index (χ0) is 13.7. The van der Waals surface area contributed by atoms with Crippen LogP contribution in [-0.2, 0) is 0 Å². The molecule has 1 aromatic heterocycles. The Kier molecular flexibility index (Phi) is 5.43. The van der Waals surface area contributed by atoms with Gasteiger partial charge in [-0.25, -0.2) is 4.98 Å². The molecule has 0 radical (unpaired) electrons. The van der Waals surface area contributed by atoms with Crippen molar-refractivity contribution in [3.05, 3.63) is 10.7 Å². The Labute approximate surface area is 123 Å². The van der Waals surface area contributed by atoms with Crippen LogP contribution in [0.1, 0.15) is 39.0 Å². The van der Waals surface area contributed by atoms with E-state index in [1.165, 1.54) is 32.1 Å². The van der Waals surface area contributed by atoms with Crippen molar-refractivity contribution in [3.8, 4) is 5.88 Å². The highest BCUT2D eigenvalue weighted by Gasteiger charge is 2.17. The third-order valence-electron chi connectivity index (χ3n) is 3.88. The molecule has 1 fully saturated rings. The van der Waals surface area contributed by atoms with Crippen LogP contribution in [0.25, 0.3) is 0 Å². The van der Waals surface area contributed by atoms with Gasteiger partial charge in [-0.3, -0.25) is 0 Å². The molecule has 19 heavy (non-hydrogen) atoms. The summed E-state index contributed by atoms with van der Waals surface area (Å²) in [5.74, 6) is 3.00. The fourth-order valence-electron chi connectivity index (χ4n) is 2.59. The zero-order valence-corrected chi connectivity index (χ0v) is 13.2. The number of aromatic nitrogens is 2. The number of nitrogens with one attached hydrogen (secondary N) is 1.